The smallest absolute Gasteiger partial charge is 0.308 e. The highest BCUT2D eigenvalue weighted by atomic mass is 35.5. The first-order valence-electron chi connectivity index (χ1n) is 9.00. The normalized spacial score (nSPS) is 18.4. The van der Waals surface area contributed by atoms with Crippen LogP contribution in [0.25, 0.3) is 0 Å². The van der Waals surface area contributed by atoms with Crippen LogP contribution in [-0.4, -0.2) is 72.5 Å². The number of alkyl halides is 1. The molecule has 9 heteroatoms. The molecule has 0 saturated carbocycles. The summed E-state index contributed by atoms with van der Waals surface area (Å²) in [4.78, 5) is 40.4. The number of halogens is 2. The summed E-state index contributed by atoms with van der Waals surface area (Å²) in [5.74, 6) is -1.20. The van der Waals surface area contributed by atoms with Crippen molar-refractivity contribution in [3.05, 3.63) is 34.9 Å². The molecule has 2 amide bonds. The molecule has 2 atom stereocenters. The first kappa shape index (κ1) is 22.5. The van der Waals surface area contributed by atoms with E-state index in [4.69, 9.17) is 32.7 Å². The van der Waals surface area contributed by atoms with E-state index in [2.05, 4.69) is 0 Å². The summed E-state index contributed by atoms with van der Waals surface area (Å²) in [5.41, 5.74) is 0.153. The van der Waals surface area contributed by atoms with E-state index in [0.717, 1.165) is 5.56 Å². The van der Waals surface area contributed by atoms with Crippen LogP contribution in [0.2, 0.25) is 5.02 Å². The molecule has 28 heavy (non-hydrogen) atoms. The lowest BCUT2D eigenvalue weighted by Crippen LogP contribution is -2.62. The van der Waals surface area contributed by atoms with Crippen molar-refractivity contribution in [2.45, 2.75) is 31.3 Å². The number of hydrogen-bond donors (Lipinski definition) is 0. The van der Waals surface area contributed by atoms with Crippen LogP contribution in [0.4, 0.5) is 0 Å². The van der Waals surface area contributed by atoms with Gasteiger partial charge in [0.2, 0.25) is 11.8 Å². The maximum absolute atomic E-state index is 13.0. The first-order valence-corrected chi connectivity index (χ1v) is 9.81. The molecule has 1 aliphatic rings. The molecule has 0 radical (unpaired) electrons. The largest absolute Gasteiger partial charge is 0.466 e. The lowest BCUT2D eigenvalue weighted by Gasteiger charge is -2.41. The van der Waals surface area contributed by atoms with Crippen LogP contribution in [0.1, 0.15) is 18.9 Å². The van der Waals surface area contributed by atoms with Crippen molar-refractivity contribution < 1.29 is 23.9 Å². The minimum atomic E-state index is -0.957. The Labute approximate surface area is 174 Å². The van der Waals surface area contributed by atoms with Crippen LogP contribution < -0.4 is 0 Å². The van der Waals surface area contributed by atoms with Crippen LogP contribution in [0, 0.1) is 0 Å². The second kappa shape index (κ2) is 10.6. The average Bonchev–Trinajstić information content (AvgIpc) is 2.66. The highest BCUT2D eigenvalue weighted by Crippen LogP contribution is 2.23. The van der Waals surface area contributed by atoms with E-state index in [1.54, 1.807) is 19.1 Å². The van der Waals surface area contributed by atoms with Gasteiger partial charge in [-0.15, -0.1) is 0 Å². The van der Waals surface area contributed by atoms with Crippen LogP contribution in [-0.2, 0) is 30.3 Å². The second-order valence-corrected chi connectivity index (χ2v) is 7.28. The molecule has 1 saturated heterocycles. The van der Waals surface area contributed by atoms with Crippen molar-refractivity contribution in [1.29, 1.82) is 0 Å². The topological polar surface area (TPSA) is 76.2 Å². The van der Waals surface area contributed by atoms with Gasteiger partial charge in [-0.2, -0.15) is 0 Å². The molecule has 1 aromatic carbocycles. The van der Waals surface area contributed by atoms with Gasteiger partial charge in [-0.1, -0.05) is 35.3 Å². The van der Waals surface area contributed by atoms with Crippen LogP contribution in [0.3, 0.4) is 0 Å². The number of amides is 2. The van der Waals surface area contributed by atoms with Crippen molar-refractivity contribution in [3.63, 3.8) is 0 Å². The van der Waals surface area contributed by atoms with Crippen molar-refractivity contribution >= 4 is 41.0 Å². The van der Waals surface area contributed by atoms with Crippen LogP contribution in [0.5, 0.6) is 0 Å². The molecule has 2 unspecified atom stereocenters. The van der Waals surface area contributed by atoms with Gasteiger partial charge in [-0.3, -0.25) is 14.4 Å². The maximum Gasteiger partial charge on any atom is 0.308 e. The van der Waals surface area contributed by atoms with E-state index < -0.39 is 17.5 Å². The molecule has 1 aliphatic heterocycles. The standard InChI is InChI=1S/C19H24Cl2N2O5/c1-3-28-18(25)11-15-19(26)23(12-17(24)22(15)8-9-27-2)16(21)10-13-4-6-14(20)7-5-13/h4-7,15-16H,3,8-12H2,1-2H3. The van der Waals surface area contributed by atoms with Gasteiger partial charge < -0.3 is 19.3 Å². The third-order valence-corrected chi connectivity index (χ3v) is 5.07. The number of esters is 1. The second-order valence-electron chi connectivity index (χ2n) is 6.34. The third-order valence-electron chi connectivity index (χ3n) is 4.43. The van der Waals surface area contributed by atoms with Crippen LogP contribution >= 0.6 is 23.2 Å². The van der Waals surface area contributed by atoms with E-state index in [1.165, 1.54) is 16.9 Å². The number of hydrogen-bond acceptors (Lipinski definition) is 5. The number of piperazine rings is 1. The van der Waals surface area contributed by atoms with Gasteiger partial charge in [0.25, 0.3) is 0 Å². The first-order chi connectivity index (χ1) is 13.4. The maximum atomic E-state index is 13.0. The highest BCUT2D eigenvalue weighted by Gasteiger charge is 2.42. The molecule has 7 nitrogen and oxygen atoms in total. The predicted molar refractivity (Wildman–Crippen MR) is 105 cm³/mol. The quantitative estimate of drug-likeness (QED) is 0.340. The molecule has 0 spiro atoms. The Morgan fingerprint density at radius 1 is 1.29 bits per heavy atom. The molecule has 0 N–H and O–H groups in total. The summed E-state index contributed by atoms with van der Waals surface area (Å²) in [5, 5.41) is 0.599. The summed E-state index contributed by atoms with van der Waals surface area (Å²) in [6, 6.07) is 6.14. The Hall–Kier alpha value is -1.83. The van der Waals surface area contributed by atoms with Crippen molar-refractivity contribution in [2.24, 2.45) is 0 Å². The van der Waals surface area contributed by atoms with Gasteiger partial charge in [0.15, 0.2) is 0 Å². The number of carbonyl (C=O) groups is 3. The Bertz CT molecular complexity index is 698. The Kier molecular flexibility index (Phi) is 8.54. The van der Waals surface area contributed by atoms with Crippen LogP contribution in [0.15, 0.2) is 24.3 Å². The highest BCUT2D eigenvalue weighted by molar-refractivity contribution is 6.30. The summed E-state index contributed by atoms with van der Waals surface area (Å²) < 4.78 is 9.98. The summed E-state index contributed by atoms with van der Waals surface area (Å²) >= 11 is 12.4. The van der Waals surface area contributed by atoms with Gasteiger partial charge in [-0.25, -0.2) is 0 Å². The molecular formula is C19H24Cl2N2O5. The third kappa shape index (κ3) is 5.83. The number of rotatable bonds is 9. The van der Waals surface area contributed by atoms with Gasteiger partial charge >= 0.3 is 5.97 Å². The number of methoxy groups -OCH3 is 1. The van der Waals surface area contributed by atoms with Gasteiger partial charge in [0, 0.05) is 25.1 Å². The zero-order valence-electron chi connectivity index (χ0n) is 15.9. The summed E-state index contributed by atoms with van der Waals surface area (Å²) in [6.07, 6.45) is 0.130. The number of ether oxygens (including phenoxy) is 2. The minimum absolute atomic E-state index is 0.149. The van der Waals surface area contributed by atoms with E-state index >= 15 is 0 Å². The van der Waals surface area contributed by atoms with Crippen molar-refractivity contribution in [3.8, 4) is 0 Å². The lowest BCUT2D eigenvalue weighted by molar-refractivity contribution is -0.161. The van der Waals surface area contributed by atoms with Crippen molar-refractivity contribution in [1.82, 2.24) is 9.80 Å². The molecule has 1 aromatic rings. The molecular weight excluding hydrogens is 407 g/mol. The van der Waals surface area contributed by atoms with E-state index in [0.29, 0.717) is 11.4 Å². The number of benzene rings is 1. The molecule has 1 heterocycles. The molecule has 2 rings (SSSR count). The zero-order valence-corrected chi connectivity index (χ0v) is 17.4. The molecule has 1 fully saturated rings. The van der Waals surface area contributed by atoms with E-state index in [-0.39, 0.29) is 44.5 Å². The van der Waals surface area contributed by atoms with Crippen molar-refractivity contribution in [2.75, 3.05) is 33.4 Å². The van der Waals surface area contributed by atoms with Gasteiger partial charge in [0.1, 0.15) is 18.1 Å². The fraction of sp³-hybridized carbons (Fsp3) is 0.526. The number of nitrogens with zero attached hydrogens (tertiary/aromatic N) is 2. The van der Waals surface area contributed by atoms with Gasteiger partial charge in [0.05, 0.1) is 19.6 Å². The Balaban J connectivity index is 2.16. The SMILES string of the molecule is CCOC(=O)CC1C(=O)N(C(Cl)Cc2ccc(Cl)cc2)CC(=O)N1CCOC. The average molecular weight is 431 g/mol. The fourth-order valence-corrected chi connectivity index (χ4v) is 3.49. The fourth-order valence-electron chi connectivity index (χ4n) is 3.02. The molecule has 0 aliphatic carbocycles. The Morgan fingerprint density at radius 3 is 2.57 bits per heavy atom. The summed E-state index contributed by atoms with van der Waals surface area (Å²) in [7, 11) is 1.50. The Morgan fingerprint density at radius 2 is 1.96 bits per heavy atom. The molecule has 0 bridgehead atoms. The van der Waals surface area contributed by atoms with Gasteiger partial charge in [-0.05, 0) is 24.6 Å². The molecule has 154 valence electrons. The van der Waals surface area contributed by atoms with E-state index in [1.807, 2.05) is 12.1 Å². The minimum Gasteiger partial charge on any atom is -0.466 e. The molecule has 0 aromatic heterocycles. The lowest BCUT2D eigenvalue weighted by atomic mass is 10.1. The van der Waals surface area contributed by atoms with E-state index in [9.17, 15) is 14.4 Å². The number of carbonyl (C=O) groups excluding carboxylic acids is 3. The summed E-state index contributed by atoms with van der Waals surface area (Å²) in [6.45, 7) is 2.20. The predicted octanol–water partition coefficient (Wildman–Crippen LogP) is 2.09. The monoisotopic (exact) mass is 430 g/mol. The zero-order chi connectivity index (χ0) is 20.7.